The SMILES string of the molecule is CCOc1ccc(N2C(=NC(=O)C(C)(C)C)S[C@@H]3CS(=O)(=O)C[C@@H]32)cc1. The Morgan fingerprint density at radius 1 is 1.27 bits per heavy atom. The van der Waals surface area contributed by atoms with Crippen molar-refractivity contribution < 1.29 is 17.9 Å². The third kappa shape index (κ3) is 3.91. The molecular formula is C18H24N2O4S2. The zero-order valence-corrected chi connectivity index (χ0v) is 17.1. The summed E-state index contributed by atoms with van der Waals surface area (Å²) in [6.07, 6.45) is 0. The second kappa shape index (κ2) is 6.88. The fraction of sp³-hybridized carbons (Fsp3) is 0.556. The molecule has 1 aromatic carbocycles. The second-order valence-electron chi connectivity index (χ2n) is 7.55. The number of amides is 1. The van der Waals surface area contributed by atoms with Crippen molar-refractivity contribution in [1.29, 1.82) is 0 Å². The zero-order chi connectivity index (χ0) is 19.1. The summed E-state index contributed by atoms with van der Waals surface area (Å²) in [6, 6.07) is 7.27. The van der Waals surface area contributed by atoms with Crippen LogP contribution in [0.2, 0.25) is 0 Å². The summed E-state index contributed by atoms with van der Waals surface area (Å²) in [6.45, 7) is 7.97. The van der Waals surface area contributed by atoms with Crippen molar-refractivity contribution in [3.63, 3.8) is 0 Å². The van der Waals surface area contributed by atoms with Gasteiger partial charge in [-0.2, -0.15) is 4.99 Å². The first-order chi connectivity index (χ1) is 12.1. The van der Waals surface area contributed by atoms with E-state index < -0.39 is 15.3 Å². The van der Waals surface area contributed by atoms with E-state index in [2.05, 4.69) is 4.99 Å². The summed E-state index contributed by atoms with van der Waals surface area (Å²) < 4.78 is 29.6. The maximum absolute atomic E-state index is 12.4. The number of benzene rings is 1. The number of anilines is 1. The average molecular weight is 397 g/mol. The van der Waals surface area contributed by atoms with Crippen molar-refractivity contribution in [1.82, 2.24) is 0 Å². The Bertz CT molecular complexity index is 826. The van der Waals surface area contributed by atoms with Crippen molar-refractivity contribution in [2.24, 2.45) is 10.4 Å². The minimum absolute atomic E-state index is 0.0839. The first kappa shape index (κ1) is 19.2. The van der Waals surface area contributed by atoms with Crippen LogP contribution in [0.4, 0.5) is 5.69 Å². The standard InChI is InChI=1S/C18H24N2O4S2/c1-5-24-13-8-6-12(7-9-13)20-14-10-26(22,23)11-15(14)25-17(20)19-16(21)18(2,3)4/h6-9,14-15H,5,10-11H2,1-4H3/t14-,15+/m0/s1. The molecule has 1 aromatic rings. The van der Waals surface area contributed by atoms with Gasteiger partial charge in [0.2, 0.25) is 0 Å². The van der Waals surface area contributed by atoms with E-state index in [1.54, 1.807) is 0 Å². The molecule has 26 heavy (non-hydrogen) atoms. The molecule has 0 radical (unpaired) electrons. The maximum Gasteiger partial charge on any atom is 0.253 e. The van der Waals surface area contributed by atoms with Crippen LogP contribution in [0.1, 0.15) is 27.7 Å². The van der Waals surface area contributed by atoms with Gasteiger partial charge in [0, 0.05) is 16.4 Å². The maximum atomic E-state index is 12.4. The average Bonchev–Trinajstić information content (AvgIpc) is 2.98. The Morgan fingerprint density at radius 2 is 1.92 bits per heavy atom. The largest absolute Gasteiger partial charge is 0.494 e. The molecule has 0 N–H and O–H groups in total. The van der Waals surface area contributed by atoms with Crippen LogP contribution in [-0.4, -0.2) is 48.9 Å². The molecule has 2 fully saturated rings. The minimum Gasteiger partial charge on any atom is -0.494 e. The highest BCUT2D eigenvalue weighted by atomic mass is 32.2. The molecule has 6 nitrogen and oxygen atoms in total. The van der Waals surface area contributed by atoms with E-state index >= 15 is 0 Å². The topological polar surface area (TPSA) is 76.0 Å². The molecule has 0 unspecified atom stereocenters. The highest BCUT2D eigenvalue weighted by Gasteiger charge is 2.49. The number of amidine groups is 1. The lowest BCUT2D eigenvalue weighted by molar-refractivity contribution is -0.124. The highest BCUT2D eigenvalue weighted by Crippen LogP contribution is 2.41. The number of hydrogen-bond donors (Lipinski definition) is 0. The van der Waals surface area contributed by atoms with E-state index in [0.29, 0.717) is 11.8 Å². The number of ether oxygens (including phenoxy) is 1. The molecule has 2 saturated heterocycles. The van der Waals surface area contributed by atoms with Crippen molar-refractivity contribution >= 4 is 38.4 Å². The van der Waals surface area contributed by atoms with Crippen molar-refractivity contribution in [2.75, 3.05) is 23.0 Å². The van der Waals surface area contributed by atoms with Gasteiger partial charge in [-0.25, -0.2) is 8.42 Å². The van der Waals surface area contributed by atoms with E-state index in [1.165, 1.54) is 11.8 Å². The van der Waals surface area contributed by atoms with Crippen LogP contribution < -0.4 is 9.64 Å². The Hall–Kier alpha value is -1.54. The van der Waals surface area contributed by atoms with E-state index in [9.17, 15) is 13.2 Å². The highest BCUT2D eigenvalue weighted by molar-refractivity contribution is 8.16. The lowest BCUT2D eigenvalue weighted by Gasteiger charge is -2.25. The molecule has 0 saturated carbocycles. The molecule has 142 valence electrons. The summed E-state index contributed by atoms with van der Waals surface area (Å²) in [4.78, 5) is 18.7. The molecule has 2 aliphatic rings. The van der Waals surface area contributed by atoms with Crippen molar-refractivity contribution in [3.8, 4) is 5.75 Å². The van der Waals surface area contributed by atoms with Crippen LogP contribution in [-0.2, 0) is 14.6 Å². The van der Waals surface area contributed by atoms with E-state index in [1.807, 2.05) is 56.9 Å². The van der Waals surface area contributed by atoms with Crippen LogP contribution in [0.15, 0.2) is 29.3 Å². The van der Waals surface area contributed by atoms with Gasteiger partial charge in [0.15, 0.2) is 15.0 Å². The summed E-state index contributed by atoms with van der Waals surface area (Å²) in [7, 11) is -3.07. The zero-order valence-electron chi connectivity index (χ0n) is 15.4. The van der Waals surface area contributed by atoms with Crippen LogP contribution >= 0.6 is 11.8 Å². The van der Waals surface area contributed by atoms with Crippen molar-refractivity contribution in [3.05, 3.63) is 24.3 Å². The molecule has 2 heterocycles. The summed E-state index contributed by atoms with van der Waals surface area (Å²) >= 11 is 1.39. The quantitative estimate of drug-likeness (QED) is 0.782. The third-order valence-electron chi connectivity index (χ3n) is 4.33. The number of aliphatic imine (C=N–C) groups is 1. The normalized spacial score (nSPS) is 26.2. The Morgan fingerprint density at radius 3 is 2.50 bits per heavy atom. The molecule has 2 atom stereocenters. The number of sulfone groups is 1. The predicted molar refractivity (Wildman–Crippen MR) is 106 cm³/mol. The monoisotopic (exact) mass is 396 g/mol. The third-order valence-corrected chi connectivity index (χ3v) is 7.54. The first-order valence-corrected chi connectivity index (χ1v) is 11.3. The molecule has 8 heteroatoms. The number of hydrogen-bond acceptors (Lipinski definition) is 5. The Kier molecular flexibility index (Phi) is 5.09. The molecular weight excluding hydrogens is 372 g/mol. The number of thioether (sulfide) groups is 1. The molecule has 0 bridgehead atoms. The first-order valence-electron chi connectivity index (χ1n) is 8.63. The van der Waals surface area contributed by atoms with Gasteiger partial charge in [-0.05, 0) is 31.2 Å². The molecule has 0 aromatic heterocycles. The fourth-order valence-electron chi connectivity index (χ4n) is 2.99. The number of carbonyl (C=O) groups excluding carboxylic acids is 1. The predicted octanol–water partition coefficient (Wildman–Crippen LogP) is 2.73. The smallest absolute Gasteiger partial charge is 0.253 e. The van der Waals surface area contributed by atoms with Crippen LogP contribution in [0, 0.1) is 5.41 Å². The van der Waals surface area contributed by atoms with Gasteiger partial charge in [-0.15, -0.1) is 0 Å². The Labute approximate surface area is 158 Å². The second-order valence-corrected chi connectivity index (χ2v) is 10.9. The number of rotatable bonds is 3. The lowest BCUT2D eigenvalue weighted by Crippen LogP contribution is -2.38. The van der Waals surface area contributed by atoms with Gasteiger partial charge >= 0.3 is 0 Å². The van der Waals surface area contributed by atoms with Gasteiger partial charge in [-0.3, -0.25) is 4.79 Å². The van der Waals surface area contributed by atoms with Crippen LogP contribution in [0.5, 0.6) is 5.75 Å². The van der Waals surface area contributed by atoms with E-state index in [-0.39, 0.29) is 28.7 Å². The van der Waals surface area contributed by atoms with E-state index in [0.717, 1.165) is 11.4 Å². The number of carbonyl (C=O) groups is 1. The molecule has 2 aliphatic heterocycles. The van der Waals surface area contributed by atoms with Gasteiger partial charge in [0.1, 0.15) is 5.75 Å². The van der Waals surface area contributed by atoms with Crippen LogP contribution in [0.3, 0.4) is 0 Å². The summed E-state index contributed by atoms with van der Waals surface area (Å²) in [5, 5.41) is 0.483. The molecule has 3 rings (SSSR count). The summed E-state index contributed by atoms with van der Waals surface area (Å²) in [5.74, 6) is 0.751. The van der Waals surface area contributed by atoms with Crippen molar-refractivity contribution in [2.45, 2.75) is 39.0 Å². The van der Waals surface area contributed by atoms with E-state index in [4.69, 9.17) is 4.74 Å². The molecule has 0 aliphatic carbocycles. The minimum atomic E-state index is -3.07. The summed E-state index contributed by atoms with van der Waals surface area (Å²) in [5.41, 5.74) is 0.243. The fourth-order valence-corrected chi connectivity index (χ4v) is 6.90. The molecule has 1 amide bonds. The number of nitrogens with zero attached hydrogens (tertiary/aromatic N) is 2. The van der Waals surface area contributed by atoms with Gasteiger partial charge < -0.3 is 9.64 Å². The molecule has 0 spiro atoms. The number of fused-ring (bicyclic) bond motifs is 1. The Balaban J connectivity index is 1.97. The van der Waals surface area contributed by atoms with Gasteiger partial charge in [0.25, 0.3) is 5.91 Å². The van der Waals surface area contributed by atoms with Gasteiger partial charge in [0.05, 0.1) is 24.2 Å². The van der Waals surface area contributed by atoms with Crippen LogP contribution in [0.25, 0.3) is 0 Å². The van der Waals surface area contributed by atoms with Gasteiger partial charge in [-0.1, -0.05) is 32.5 Å². The lowest BCUT2D eigenvalue weighted by atomic mass is 9.96.